The van der Waals surface area contributed by atoms with Gasteiger partial charge in [-0.25, -0.2) is 18.7 Å². The summed E-state index contributed by atoms with van der Waals surface area (Å²) >= 11 is 6.58. The number of aromatic hydroxyl groups is 1. The molecule has 266 valence electrons. The molecule has 0 fully saturated rings. The van der Waals surface area contributed by atoms with E-state index in [0.717, 1.165) is 39.8 Å². The molecule has 2 aromatic carbocycles. The Kier molecular flexibility index (Phi) is 10.3. The SMILES string of the molecule is COc1cnn(C)c(=O)c1-c1nn(-c2ccc(C(F)(F)F)cc2)cc1Br.Cn1ncc(O)c(-c2nn(-c3ccc(C(F)(F)F)cc3)cc2Br)c1=O. The van der Waals surface area contributed by atoms with Crippen LogP contribution in [0.25, 0.3) is 33.9 Å². The van der Waals surface area contributed by atoms with Gasteiger partial charge in [0.15, 0.2) is 11.5 Å². The third-order valence-corrected chi connectivity index (χ3v) is 8.33. The number of benzene rings is 2. The summed E-state index contributed by atoms with van der Waals surface area (Å²) in [5, 5.41) is 26.0. The van der Waals surface area contributed by atoms with E-state index in [1.807, 2.05) is 0 Å². The molecule has 0 aliphatic rings. The van der Waals surface area contributed by atoms with E-state index >= 15 is 0 Å². The molecule has 0 saturated heterocycles. The number of rotatable bonds is 5. The zero-order chi connectivity index (χ0) is 37.4. The number of halogens is 8. The van der Waals surface area contributed by atoms with Crippen molar-refractivity contribution < 1.29 is 36.2 Å². The standard InChI is InChI=1S/C16H12BrF3N4O2.C15H10BrF3N4O2/c1-23-15(25)13(12(26-2)7-21-23)14-11(17)8-24(22-14)10-5-3-9(4-6-10)16(18,19)20;1-22-14(25)12(11(24)6-20-22)13-10(16)7-23(21-13)9-4-2-8(3-5-9)15(17,18)19/h3-8H,1-2H3;2-7,24H,1H3. The zero-order valence-electron chi connectivity index (χ0n) is 26.2. The van der Waals surface area contributed by atoms with Crippen LogP contribution in [0.1, 0.15) is 11.1 Å². The van der Waals surface area contributed by atoms with E-state index in [1.165, 1.54) is 67.2 Å². The van der Waals surface area contributed by atoms with Gasteiger partial charge in [-0.2, -0.15) is 46.7 Å². The van der Waals surface area contributed by atoms with E-state index in [4.69, 9.17) is 4.74 Å². The van der Waals surface area contributed by atoms with Gasteiger partial charge < -0.3 is 9.84 Å². The minimum absolute atomic E-state index is 0.0602. The molecule has 51 heavy (non-hydrogen) atoms. The number of hydrogen-bond donors (Lipinski definition) is 1. The number of ether oxygens (including phenoxy) is 1. The van der Waals surface area contributed by atoms with Gasteiger partial charge in [0.1, 0.15) is 22.5 Å². The molecule has 4 heterocycles. The Morgan fingerprint density at radius 1 is 0.667 bits per heavy atom. The topological polar surface area (TPSA) is 135 Å². The van der Waals surface area contributed by atoms with Crippen molar-refractivity contribution in [3.63, 3.8) is 0 Å². The maximum Gasteiger partial charge on any atom is 0.416 e. The van der Waals surface area contributed by atoms with E-state index in [1.54, 1.807) is 6.20 Å². The van der Waals surface area contributed by atoms with E-state index in [0.29, 0.717) is 26.0 Å². The second-order valence-corrected chi connectivity index (χ2v) is 12.2. The Bertz CT molecular complexity index is 2330. The number of nitrogens with zero attached hydrogens (tertiary/aromatic N) is 8. The first-order valence-corrected chi connectivity index (χ1v) is 15.7. The van der Waals surface area contributed by atoms with Crippen LogP contribution in [0.3, 0.4) is 0 Å². The highest BCUT2D eigenvalue weighted by Gasteiger charge is 2.31. The lowest BCUT2D eigenvalue weighted by atomic mass is 10.2. The fraction of sp³-hybridized carbons (Fsp3) is 0.161. The van der Waals surface area contributed by atoms with Crippen LogP contribution in [-0.2, 0) is 26.4 Å². The van der Waals surface area contributed by atoms with Gasteiger partial charge in [-0.05, 0) is 80.4 Å². The highest BCUT2D eigenvalue weighted by atomic mass is 79.9. The molecule has 6 rings (SSSR count). The fourth-order valence-electron chi connectivity index (χ4n) is 4.56. The van der Waals surface area contributed by atoms with Gasteiger partial charge in [0.2, 0.25) is 0 Å². The highest BCUT2D eigenvalue weighted by molar-refractivity contribution is 9.11. The van der Waals surface area contributed by atoms with Crippen LogP contribution in [0.15, 0.2) is 91.9 Å². The monoisotopic (exact) mass is 842 g/mol. The minimum Gasteiger partial charge on any atom is -0.505 e. The van der Waals surface area contributed by atoms with Crippen LogP contribution in [0.5, 0.6) is 11.5 Å². The Morgan fingerprint density at radius 2 is 1.06 bits per heavy atom. The van der Waals surface area contributed by atoms with Gasteiger partial charge in [-0.1, -0.05) is 0 Å². The predicted octanol–water partition coefficient (Wildman–Crippen LogP) is 6.54. The second kappa shape index (κ2) is 14.2. The smallest absolute Gasteiger partial charge is 0.416 e. The van der Waals surface area contributed by atoms with Gasteiger partial charge in [0.25, 0.3) is 11.1 Å². The van der Waals surface area contributed by atoms with Gasteiger partial charge in [-0.3, -0.25) is 9.59 Å². The van der Waals surface area contributed by atoms with Crippen LogP contribution in [-0.4, -0.2) is 51.3 Å². The summed E-state index contributed by atoms with van der Waals surface area (Å²) in [5.41, 5.74) is -1.13. The largest absolute Gasteiger partial charge is 0.505 e. The summed E-state index contributed by atoms with van der Waals surface area (Å²) in [7, 11) is 4.32. The Hall–Kier alpha value is -5.24. The van der Waals surface area contributed by atoms with Gasteiger partial charge in [0.05, 0.1) is 51.0 Å². The molecule has 1 N–H and O–H groups in total. The summed E-state index contributed by atoms with van der Waals surface area (Å²) in [6.07, 6.45) is -3.30. The molecule has 20 heteroatoms. The second-order valence-electron chi connectivity index (χ2n) is 10.5. The fourth-order valence-corrected chi connectivity index (χ4v) is 5.51. The molecule has 0 aliphatic carbocycles. The van der Waals surface area contributed by atoms with Crippen molar-refractivity contribution >= 4 is 31.9 Å². The third-order valence-electron chi connectivity index (χ3n) is 7.17. The van der Waals surface area contributed by atoms with Crippen LogP contribution >= 0.6 is 31.9 Å². The summed E-state index contributed by atoms with van der Waals surface area (Å²) in [4.78, 5) is 24.6. The van der Waals surface area contributed by atoms with Crippen molar-refractivity contribution in [1.82, 2.24) is 39.1 Å². The van der Waals surface area contributed by atoms with Gasteiger partial charge in [0, 0.05) is 26.5 Å². The van der Waals surface area contributed by atoms with Crippen LogP contribution < -0.4 is 15.9 Å². The summed E-state index contributed by atoms with van der Waals surface area (Å²) in [6.45, 7) is 0. The lowest BCUT2D eigenvalue weighted by Crippen LogP contribution is -2.22. The summed E-state index contributed by atoms with van der Waals surface area (Å²) in [6, 6.07) is 8.93. The Labute approximate surface area is 299 Å². The Balaban J connectivity index is 0.000000198. The van der Waals surface area contributed by atoms with Crippen molar-refractivity contribution in [3.8, 4) is 45.4 Å². The number of alkyl halides is 6. The first-order chi connectivity index (χ1) is 23.9. The molecular formula is C31H22Br2F6N8O4. The molecular weight excluding hydrogens is 822 g/mol. The van der Waals surface area contributed by atoms with Gasteiger partial charge in [-0.15, -0.1) is 0 Å². The van der Waals surface area contributed by atoms with Gasteiger partial charge >= 0.3 is 12.4 Å². The van der Waals surface area contributed by atoms with Crippen molar-refractivity contribution in [2.24, 2.45) is 14.1 Å². The van der Waals surface area contributed by atoms with Crippen molar-refractivity contribution in [2.75, 3.05) is 7.11 Å². The van der Waals surface area contributed by atoms with E-state index in [9.17, 15) is 41.0 Å². The molecule has 0 amide bonds. The zero-order valence-corrected chi connectivity index (χ0v) is 29.4. The number of aryl methyl sites for hydroxylation is 2. The van der Waals surface area contributed by atoms with E-state index < -0.39 is 34.6 Å². The number of methoxy groups -OCH3 is 1. The molecule has 4 aromatic heterocycles. The third kappa shape index (κ3) is 7.75. The lowest BCUT2D eigenvalue weighted by molar-refractivity contribution is -0.138. The van der Waals surface area contributed by atoms with Crippen LogP contribution in [0.2, 0.25) is 0 Å². The average Bonchev–Trinajstić information content (AvgIpc) is 3.66. The van der Waals surface area contributed by atoms with Crippen molar-refractivity contribution in [1.29, 1.82) is 0 Å². The molecule has 0 radical (unpaired) electrons. The molecule has 0 atom stereocenters. The number of hydrogen-bond acceptors (Lipinski definition) is 8. The maximum absolute atomic E-state index is 12.7. The molecule has 6 aromatic rings. The normalized spacial score (nSPS) is 11.7. The molecule has 0 unspecified atom stereocenters. The summed E-state index contributed by atoms with van der Waals surface area (Å²) < 4.78 is 86.9. The van der Waals surface area contributed by atoms with Crippen molar-refractivity contribution in [2.45, 2.75) is 12.4 Å². The maximum atomic E-state index is 12.7. The minimum atomic E-state index is -4.43. The Morgan fingerprint density at radius 3 is 1.47 bits per heavy atom. The predicted molar refractivity (Wildman–Crippen MR) is 178 cm³/mol. The molecule has 0 aliphatic heterocycles. The molecule has 0 spiro atoms. The molecule has 0 saturated carbocycles. The van der Waals surface area contributed by atoms with Crippen LogP contribution in [0.4, 0.5) is 26.3 Å². The first-order valence-electron chi connectivity index (χ1n) is 14.1. The number of aromatic nitrogens is 8. The van der Waals surface area contributed by atoms with E-state index in [-0.39, 0.29) is 28.3 Å². The summed E-state index contributed by atoms with van der Waals surface area (Å²) in [5.74, 6) is -0.104. The highest BCUT2D eigenvalue weighted by Crippen LogP contribution is 2.34. The van der Waals surface area contributed by atoms with Crippen LogP contribution in [0, 0.1) is 0 Å². The first kappa shape index (κ1) is 37.0. The van der Waals surface area contributed by atoms with Crippen molar-refractivity contribution in [3.05, 3.63) is 114 Å². The lowest BCUT2D eigenvalue weighted by Gasteiger charge is -2.08. The quantitative estimate of drug-likeness (QED) is 0.194. The molecule has 0 bridgehead atoms. The average molecular weight is 844 g/mol. The van der Waals surface area contributed by atoms with E-state index in [2.05, 4.69) is 52.3 Å². The molecule has 12 nitrogen and oxygen atoms in total.